The highest BCUT2D eigenvalue weighted by Crippen LogP contribution is 2.34. The largest absolute Gasteiger partial charge is 0.493 e. The number of carbonyl (C=O) groups is 1. The third-order valence-electron chi connectivity index (χ3n) is 5.57. The smallest absolute Gasteiger partial charge is 0.286 e. The molecule has 1 heterocycles. The zero-order valence-electron chi connectivity index (χ0n) is 19.3. The normalized spacial score (nSPS) is 10.6. The topological polar surface area (TPSA) is 109 Å². The van der Waals surface area contributed by atoms with Gasteiger partial charge in [-0.25, -0.2) is 0 Å². The van der Waals surface area contributed by atoms with Crippen molar-refractivity contribution >= 4 is 11.6 Å². The summed E-state index contributed by atoms with van der Waals surface area (Å²) in [5.41, 5.74) is 3.48. The van der Waals surface area contributed by atoms with Gasteiger partial charge in [-0.2, -0.15) is 5.10 Å². The molecule has 0 atom stereocenters. The maximum absolute atomic E-state index is 12.9. The Morgan fingerprint density at radius 1 is 1.03 bits per heavy atom. The van der Waals surface area contributed by atoms with Gasteiger partial charge in [-0.05, 0) is 28.3 Å². The molecule has 178 valence electrons. The molecule has 1 amide bonds. The van der Waals surface area contributed by atoms with Crippen LogP contribution < -0.4 is 14.8 Å². The van der Waals surface area contributed by atoms with E-state index in [1.54, 1.807) is 6.20 Å². The molecule has 35 heavy (non-hydrogen) atoms. The number of amides is 1. The van der Waals surface area contributed by atoms with Crippen LogP contribution in [-0.2, 0) is 13.1 Å². The van der Waals surface area contributed by atoms with Crippen LogP contribution in [0.3, 0.4) is 0 Å². The zero-order chi connectivity index (χ0) is 24.8. The first-order valence-corrected chi connectivity index (χ1v) is 10.8. The van der Waals surface area contributed by atoms with E-state index >= 15 is 0 Å². The van der Waals surface area contributed by atoms with Gasteiger partial charge in [0.2, 0.25) is 0 Å². The van der Waals surface area contributed by atoms with Crippen LogP contribution in [0.15, 0.2) is 79.1 Å². The second-order valence-corrected chi connectivity index (χ2v) is 7.72. The molecule has 0 fully saturated rings. The summed E-state index contributed by atoms with van der Waals surface area (Å²) < 4.78 is 12.2. The SMILES string of the molecule is COc1cc(C(=O)NCc2ccccc2-c2ccc(Cn3cccn3)cc2)c([N+](=O)[O-])cc1OC. The first kappa shape index (κ1) is 23.5. The van der Waals surface area contributed by atoms with Gasteiger partial charge in [-0.3, -0.25) is 19.6 Å². The standard InChI is InChI=1S/C26H24N4O5/c1-34-24-14-22(23(30(32)33)15-25(24)35-2)26(31)27-16-20-6-3-4-7-21(20)19-10-8-18(9-11-19)17-29-13-5-12-28-29/h3-15H,16-17H2,1-2H3,(H,27,31). The van der Waals surface area contributed by atoms with E-state index in [-0.39, 0.29) is 29.3 Å². The molecule has 0 spiro atoms. The van der Waals surface area contributed by atoms with Gasteiger partial charge in [-0.15, -0.1) is 0 Å². The van der Waals surface area contributed by atoms with Gasteiger partial charge in [0.15, 0.2) is 11.5 Å². The minimum absolute atomic E-state index is 0.104. The molecule has 3 aromatic carbocycles. The third kappa shape index (κ3) is 5.30. The number of nitrogens with one attached hydrogen (secondary N) is 1. The molecular formula is C26H24N4O5. The van der Waals surface area contributed by atoms with Crippen LogP contribution in [0, 0.1) is 10.1 Å². The Bertz CT molecular complexity index is 1330. The summed E-state index contributed by atoms with van der Waals surface area (Å²) in [7, 11) is 2.78. The second kappa shape index (κ2) is 10.5. The molecule has 0 aliphatic carbocycles. The minimum atomic E-state index is -0.615. The molecule has 0 saturated carbocycles. The van der Waals surface area contributed by atoms with Gasteiger partial charge in [-0.1, -0.05) is 48.5 Å². The van der Waals surface area contributed by atoms with Crippen molar-refractivity contribution in [2.24, 2.45) is 0 Å². The lowest BCUT2D eigenvalue weighted by Gasteiger charge is -2.13. The number of nitro groups is 1. The molecule has 0 aliphatic heterocycles. The van der Waals surface area contributed by atoms with Crippen molar-refractivity contribution in [2.75, 3.05) is 14.2 Å². The number of nitrogens with zero attached hydrogens (tertiary/aromatic N) is 3. The van der Waals surface area contributed by atoms with Crippen molar-refractivity contribution in [2.45, 2.75) is 13.1 Å². The third-order valence-corrected chi connectivity index (χ3v) is 5.57. The maximum Gasteiger partial charge on any atom is 0.286 e. The Morgan fingerprint density at radius 2 is 1.74 bits per heavy atom. The molecule has 0 unspecified atom stereocenters. The lowest BCUT2D eigenvalue weighted by molar-refractivity contribution is -0.385. The van der Waals surface area contributed by atoms with Crippen LogP contribution in [0.2, 0.25) is 0 Å². The van der Waals surface area contributed by atoms with Gasteiger partial charge >= 0.3 is 0 Å². The minimum Gasteiger partial charge on any atom is -0.493 e. The van der Waals surface area contributed by atoms with E-state index in [0.717, 1.165) is 22.3 Å². The molecule has 4 rings (SSSR count). The van der Waals surface area contributed by atoms with Gasteiger partial charge < -0.3 is 14.8 Å². The quantitative estimate of drug-likeness (QED) is 0.285. The summed E-state index contributed by atoms with van der Waals surface area (Å²) in [5, 5.41) is 18.6. The summed E-state index contributed by atoms with van der Waals surface area (Å²) in [6, 6.07) is 20.2. The Labute approximate surface area is 202 Å². The van der Waals surface area contributed by atoms with E-state index in [4.69, 9.17) is 9.47 Å². The number of rotatable bonds is 9. The molecular weight excluding hydrogens is 448 g/mol. The number of nitro benzene ring substituents is 1. The van der Waals surface area contributed by atoms with E-state index in [2.05, 4.69) is 10.4 Å². The number of benzene rings is 3. The molecule has 0 radical (unpaired) electrons. The Hall–Kier alpha value is -4.66. The number of ether oxygens (including phenoxy) is 2. The van der Waals surface area contributed by atoms with E-state index in [1.807, 2.05) is 65.5 Å². The van der Waals surface area contributed by atoms with Gasteiger partial charge in [0.05, 0.1) is 31.8 Å². The van der Waals surface area contributed by atoms with Crippen molar-refractivity contribution in [3.05, 3.63) is 106 Å². The van der Waals surface area contributed by atoms with Crippen molar-refractivity contribution in [1.82, 2.24) is 15.1 Å². The fraction of sp³-hybridized carbons (Fsp3) is 0.154. The molecule has 0 bridgehead atoms. The van der Waals surface area contributed by atoms with E-state index in [9.17, 15) is 14.9 Å². The van der Waals surface area contributed by atoms with Crippen LogP contribution in [-0.4, -0.2) is 34.8 Å². The number of carbonyl (C=O) groups excluding carboxylic acids is 1. The monoisotopic (exact) mass is 472 g/mol. The first-order chi connectivity index (χ1) is 17.0. The number of hydrogen-bond donors (Lipinski definition) is 1. The summed E-state index contributed by atoms with van der Waals surface area (Å²) in [6.45, 7) is 0.866. The van der Waals surface area contributed by atoms with Crippen molar-refractivity contribution < 1.29 is 19.2 Å². The lowest BCUT2D eigenvalue weighted by Crippen LogP contribution is -2.24. The average Bonchev–Trinajstić information content (AvgIpc) is 3.40. The van der Waals surface area contributed by atoms with E-state index in [0.29, 0.717) is 6.54 Å². The number of hydrogen-bond acceptors (Lipinski definition) is 6. The van der Waals surface area contributed by atoms with Crippen molar-refractivity contribution in [1.29, 1.82) is 0 Å². The molecule has 4 aromatic rings. The van der Waals surface area contributed by atoms with Crippen LogP contribution in [0.4, 0.5) is 5.69 Å². The maximum atomic E-state index is 12.9. The van der Waals surface area contributed by atoms with Crippen LogP contribution in [0.1, 0.15) is 21.5 Å². The average molecular weight is 473 g/mol. The van der Waals surface area contributed by atoms with Crippen molar-refractivity contribution in [3.63, 3.8) is 0 Å². The highest BCUT2D eigenvalue weighted by Gasteiger charge is 2.24. The number of methoxy groups -OCH3 is 2. The van der Waals surface area contributed by atoms with Crippen LogP contribution in [0.5, 0.6) is 11.5 Å². The summed E-state index contributed by atoms with van der Waals surface area (Å²) in [5.74, 6) is -0.169. The molecule has 0 saturated heterocycles. The van der Waals surface area contributed by atoms with Gasteiger partial charge in [0.1, 0.15) is 5.56 Å². The molecule has 1 N–H and O–H groups in total. The highest BCUT2D eigenvalue weighted by molar-refractivity contribution is 5.99. The molecule has 9 nitrogen and oxygen atoms in total. The van der Waals surface area contributed by atoms with Crippen molar-refractivity contribution in [3.8, 4) is 22.6 Å². The number of aromatic nitrogens is 2. The summed E-state index contributed by atoms with van der Waals surface area (Å²) in [6.07, 6.45) is 3.66. The molecule has 9 heteroatoms. The fourth-order valence-corrected chi connectivity index (χ4v) is 3.80. The van der Waals surface area contributed by atoms with Crippen LogP contribution >= 0.6 is 0 Å². The summed E-state index contributed by atoms with van der Waals surface area (Å²) >= 11 is 0. The van der Waals surface area contributed by atoms with Crippen LogP contribution in [0.25, 0.3) is 11.1 Å². The Morgan fingerprint density at radius 3 is 2.40 bits per heavy atom. The van der Waals surface area contributed by atoms with E-state index in [1.165, 1.54) is 26.4 Å². The summed E-state index contributed by atoms with van der Waals surface area (Å²) in [4.78, 5) is 23.9. The van der Waals surface area contributed by atoms with E-state index < -0.39 is 10.8 Å². The predicted octanol–water partition coefficient (Wildman–Crippen LogP) is 4.45. The Kier molecular flexibility index (Phi) is 7.06. The van der Waals surface area contributed by atoms with Gasteiger partial charge in [0.25, 0.3) is 11.6 Å². The highest BCUT2D eigenvalue weighted by atomic mass is 16.6. The lowest BCUT2D eigenvalue weighted by atomic mass is 9.98. The first-order valence-electron chi connectivity index (χ1n) is 10.8. The fourth-order valence-electron chi connectivity index (χ4n) is 3.80. The predicted molar refractivity (Wildman–Crippen MR) is 131 cm³/mol. The zero-order valence-corrected chi connectivity index (χ0v) is 19.3. The molecule has 1 aromatic heterocycles. The molecule has 0 aliphatic rings. The van der Waals surface area contributed by atoms with Gasteiger partial charge in [0, 0.05) is 25.0 Å². The Balaban J connectivity index is 1.54. The second-order valence-electron chi connectivity index (χ2n) is 7.72.